The molecule has 0 saturated carbocycles. The molecule has 21 heavy (non-hydrogen) atoms. The van der Waals surface area contributed by atoms with Crippen molar-refractivity contribution in [1.82, 2.24) is 0 Å². The summed E-state index contributed by atoms with van der Waals surface area (Å²) in [6.07, 6.45) is 0.258. The summed E-state index contributed by atoms with van der Waals surface area (Å²) in [6.45, 7) is 0. The first kappa shape index (κ1) is 15.5. The highest BCUT2D eigenvalue weighted by Crippen LogP contribution is 2.25. The van der Waals surface area contributed by atoms with Crippen LogP contribution >= 0.6 is 23.2 Å². The third-order valence-corrected chi connectivity index (χ3v) is 3.43. The van der Waals surface area contributed by atoms with Crippen LogP contribution in [0.25, 0.3) is 0 Å². The quantitative estimate of drug-likeness (QED) is 0.818. The van der Waals surface area contributed by atoms with Gasteiger partial charge in [0.05, 0.1) is 10.7 Å². The molecule has 1 N–H and O–H groups in total. The Kier molecular flexibility index (Phi) is 5.37. The molecule has 0 aliphatic carbocycles. The van der Waals surface area contributed by atoms with E-state index in [4.69, 9.17) is 23.2 Å². The van der Waals surface area contributed by atoms with Gasteiger partial charge in [-0.3, -0.25) is 9.59 Å². The van der Waals surface area contributed by atoms with Gasteiger partial charge in [-0.2, -0.15) is 0 Å². The molecule has 108 valence electrons. The van der Waals surface area contributed by atoms with E-state index in [9.17, 15) is 9.59 Å². The number of rotatable bonds is 5. The van der Waals surface area contributed by atoms with Crippen LogP contribution in [-0.4, -0.2) is 11.7 Å². The van der Waals surface area contributed by atoms with Gasteiger partial charge in [0.2, 0.25) is 5.91 Å². The fraction of sp³-hybridized carbons (Fsp3) is 0.125. The maximum Gasteiger partial charge on any atom is 0.224 e. The van der Waals surface area contributed by atoms with Crippen molar-refractivity contribution in [3.8, 4) is 0 Å². The van der Waals surface area contributed by atoms with E-state index in [-0.39, 0.29) is 24.5 Å². The van der Waals surface area contributed by atoms with Crippen molar-refractivity contribution in [2.75, 3.05) is 5.32 Å². The van der Waals surface area contributed by atoms with Crippen molar-refractivity contribution in [2.45, 2.75) is 12.8 Å². The van der Waals surface area contributed by atoms with E-state index in [1.807, 2.05) is 6.07 Å². The molecule has 0 radical (unpaired) electrons. The molecular formula is C16H13Cl2NO2. The molecule has 0 saturated heterocycles. The maximum atomic E-state index is 11.9. The SMILES string of the molecule is O=C(CCC(=O)c1ccccc1)Nc1ccc(Cl)cc1Cl. The molecule has 3 nitrogen and oxygen atoms in total. The van der Waals surface area contributed by atoms with E-state index >= 15 is 0 Å². The van der Waals surface area contributed by atoms with Crippen LogP contribution in [0.5, 0.6) is 0 Å². The van der Waals surface area contributed by atoms with Crippen LogP contribution in [0, 0.1) is 0 Å². The number of nitrogens with one attached hydrogen (secondary N) is 1. The van der Waals surface area contributed by atoms with E-state index in [1.165, 1.54) is 0 Å². The summed E-state index contributed by atoms with van der Waals surface area (Å²) in [6, 6.07) is 13.7. The number of amides is 1. The largest absolute Gasteiger partial charge is 0.325 e. The number of carbonyl (C=O) groups is 2. The van der Waals surface area contributed by atoms with Crippen LogP contribution in [0.3, 0.4) is 0 Å². The Bertz CT molecular complexity index is 657. The molecule has 2 rings (SSSR count). The molecule has 0 fully saturated rings. The first-order chi connectivity index (χ1) is 10.1. The molecule has 2 aromatic carbocycles. The van der Waals surface area contributed by atoms with Crippen LogP contribution in [0.2, 0.25) is 10.0 Å². The highest BCUT2D eigenvalue weighted by atomic mass is 35.5. The second kappa shape index (κ2) is 7.25. The number of benzene rings is 2. The predicted octanol–water partition coefficient (Wildman–Crippen LogP) is 4.60. The lowest BCUT2D eigenvalue weighted by molar-refractivity contribution is -0.116. The molecule has 5 heteroatoms. The maximum absolute atomic E-state index is 11.9. The highest BCUT2D eigenvalue weighted by Gasteiger charge is 2.10. The molecule has 0 unspecified atom stereocenters. The number of Topliss-reactive ketones (excluding diaryl/α,β-unsaturated/α-hetero) is 1. The van der Waals surface area contributed by atoms with Crippen molar-refractivity contribution in [3.05, 3.63) is 64.1 Å². The predicted molar refractivity (Wildman–Crippen MR) is 85.1 cm³/mol. The van der Waals surface area contributed by atoms with Gasteiger partial charge in [-0.1, -0.05) is 53.5 Å². The molecule has 1 amide bonds. The van der Waals surface area contributed by atoms with Gasteiger partial charge in [0.1, 0.15) is 0 Å². The number of ketones is 1. The zero-order valence-corrected chi connectivity index (χ0v) is 12.6. The molecule has 0 aromatic heterocycles. The van der Waals surface area contributed by atoms with Crippen molar-refractivity contribution >= 4 is 40.6 Å². The minimum Gasteiger partial charge on any atom is -0.325 e. The van der Waals surface area contributed by atoms with Crippen molar-refractivity contribution in [3.63, 3.8) is 0 Å². The van der Waals surface area contributed by atoms with Gasteiger partial charge in [-0.15, -0.1) is 0 Å². The van der Waals surface area contributed by atoms with Crippen LogP contribution in [-0.2, 0) is 4.79 Å². The summed E-state index contributed by atoms with van der Waals surface area (Å²) in [5.41, 5.74) is 1.09. The Hall–Kier alpha value is -1.84. The van der Waals surface area contributed by atoms with Gasteiger partial charge >= 0.3 is 0 Å². The van der Waals surface area contributed by atoms with E-state index in [0.717, 1.165) is 0 Å². The molecule has 0 aliphatic rings. The minimum atomic E-state index is -0.261. The van der Waals surface area contributed by atoms with Crippen LogP contribution in [0.4, 0.5) is 5.69 Å². The molecule has 0 atom stereocenters. The Labute approximate surface area is 132 Å². The third kappa shape index (κ3) is 4.59. The smallest absolute Gasteiger partial charge is 0.224 e. The van der Waals surface area contributed by atoms with Crippen molar-refractivity contribution < 1.29 is 9.59 Å². The Morgan fingerprint density at radius 1 is 0.952 bits per heavy atom. The average Bonchev–Trinajstić information content (AvgIpc) is 2.48. The van der Waals surface area contributed by atoms with Gasteiger partial charge in [0, 0.05) is 23.4 Å². The number of carbonyl (C=O) groups excluding carboxylic acids is 2. The zero-order valence-electron chi connectivity index (χ0n) is 11.1. The van der Waals surface area contributed by atoms with E-state index in [1.54, 1.807) is 42.5 Å². The molecule has 0 aliphatic heterocycles. The molecule has 2 aromatic rings. The highest BCUT2D eigenvalue weighted by molar-refractivity contribution is 6.36. The summed E-state index contributed by atoms with van der Waals surface area (Å²) >= 11 is 11.7. The van der Waals surface area contributed by atoms with Gasteiger partial charge in [0.15, 0.2) is 5.78 Å². The van der Waals surface area contributed by atoms with Crippen LogP contribution < -0.4 is 5.32 Å². The zero-order chi connectivity index (χ0) is 15.2. The standard InChI is InChI=1S/C16H13Cl2NO2/c17-12-6-7-14(13(18)10-12)19-16(21)9-8-15(20)11-4-2-1-3-5-11/h1-7,10H,8-9H2,(H,19,21). The summed E-state index contributed by atoms with van der Waals surface area (Å²) in [4.78, 5) is 23.7. The number of halogens is 2. The topological polar surface area (TPSA) is 46.2 Å². The lowest BCUT2D eigenvalue weighted by Gasteiger charge is -2.07. The fourth-order valence-electron chi connectivity index (χ4n) is 1.80. The second-order valence-electron chi connectivity index (χ2n) is 4.46. The Balaban J connectivity index is 1.89. The fourth-order valence-corrected chi connectivity index (χ4v) is 2.25. The van der Waals surface area contributed by atoms with Crippen LogP contribution in [0.1, 0.15) is 23.2 Å². The van der Waals surface area contributed by atoms with Gasteiger partial charge in [0.25, 0.3) is 0 Å². The first-order valence-corrected chi connectivity index (χ1v) is 7.15. The third-order valence-electron chi connectivity index (χ3n) is 2.88. The monoisotopic (exact) mass is 321 g/mol. The lowest BCUT2D eigenvalue weighted by Crippen LogP contribution is -2.13. The normalized spacial score (nSPS) is 10.2. The Morgan fingerprint density at radius 3 is 2.33 bits per heavy atom. The molecular weight excluding hydrogens is 309 g/mol. The summed E-state index contributed by atoms with van der Waals surface area (Å²) < 4.78 is 0. The van der Waals surface area contributed by atoms with E-state index in [2.05, 4.69) is 5.32 Å². The number of anilines is 1. The minimum absolute atomic E-state index is 0.0621. The second-order valence-corrected chi connectivity index (χ2v) is 5.31. The summed E-state index contributed by atoms with van der Waals surface area (Å²) in [7, 11) is 0. The average molecular weight is 322 g/mol. The number of hydrogen-bond donors (Lipinski definition) is 1. The van der Waals surface area contributed by atoms with E-state index in [0.29, 0.717) is 21.3 Å². The molecule has 0 spiro atoms. The molecule has 0 heterocycles. The van der Waals surface area contributed by atoms with Crippen LogP contribution in [0.15, 0.2) is 48.5 Å². The van der Waals surface area contributed by atoms with Gasteiger partial charge in [-0.25, -0.2) is 0 Å². The van der Waals surface area contributed by atoms with Crippen molar-refractivity contribution in [2.24, 2.45) is 0 Å². The molecule has 0 bridgehead atoms. The van der Waals surface area contributed by atoms with Crippen molar-refractivity contribution in [1.29, 1.82) is 0 Å². The summed E-state index contributed by atoms with van der Waals surface area (Å²) in [5, 5.41) is 3.53. The van der Waals surface area contributed by atoms with Gasteiger partial charge < -0.3 is 5.32 Å². The lowest BCUT2D eigenvalue weighted by atomic mass is 10.1. The van der Waals surface area contributed by atoms with Gasteiger partial charge in [-0.05, 0) is 18.2 Å². The first-order valence-electron chi connectivity index (χ1n) is 6.39. The summed E-state index contributed by atoms with van der Waals surface area (Å²) in [5.74, 6) is -0.323. The number of hydrogen-bond acceptors (Lipinski definition) is 2. The Morgan fingerprint density at radius 2 is 1.67 bits per heavy atom. The van der Waals surface area contributed by atoms with E-state index < -0.39 is 0 Å².